The van der Waals surface area contributed by atoms with Crippen molar-refractivity contribution in [3.63, 3.8) is 0 Å². The smallest absolute Gasteiger partial charge is 0.105 e. The van der Waals surface area contributed by atoms with Gasteiger partial charge in [-0.2, -0.15) is 0 Å². The van der Waals surface area contributed by atoms with Crippen LogP contribution in [0.1, 0.15) is 33.1 Å². The highest BCUT2D eigenvalue weighted by Crippen LogP contribution is 2.28. The second-order valence-electron chi connectivity index (χ2n) is 4.01. The number of hydrogen-bond donors (Lipinski definition) is 2. The molecule has 3 nitrogen and oxygen atoms in total. The van der Waals surface area contributed by atoms with Crippen LogP contribution < -0.4 is 5.73 Å². The van der Waals surface area contributed by atoms with Gasteiger partial charge in [-0.1, -0.05) is 26.7 Å². The third-order valence-corrected chi connectivity index (χ3v) is 3.21. The van der Waals surface area contributed by atoms with E-state index in [0.717, 1.165) is 12.8 Å². The molecule has 0 radical (unpaired) electrons. The highest BCUT2D eigenvalue weighted by atomic mass is 16.5. The van der Waals surface area contributed by atoms with E-state index in [1.807, 2.05) is 0 Å². The lowest BCUT2D eigenvalue weighted by Crippen LogP contribution is -2.52. The molecule has 78 valence electrons. The number of nitrogens with two attached hydrogens (primary N) is 1. The summed E-state index contributed by atoms with van der Waals surface area (Å²) in [5, 5.41) is 10.1. The van der Waals surface area contributed by atoms with Gasteiger partial charge in [0.05, 0.1) is 6.61 Å². The zero-order chi connectivity index (χ0) is 9.90. The van der Waals surface area contributed by atoms with Crippen molar-refractivity contribution in [3.8, 4) is 0 Å². The predicted octanol–water partition coefficient (Wildman–Crippen LogP) is 0.901. The Kier molecular flexibility index (Phi) is 3.71. The maximum Gasteiger partial charge on any atom is 0.105 e. The summed E-state index contributed by atoms with van der Waals surface area (Å²) >= 11 is 0. The summed E-state index contributed by atoms with van der Waals surface area (Å²) in [5.74, 6) is 0.409. The molecule has 1 fully saturated rings. The lowest BCUT2D eigenvalue weighted by molar-refractivity contribution is -0.0136. The molecule has 0 aromatic heterocycles. The van der Waals surface area contributed by atoms with Crippen molar-refractivity contribution in [2.75, 3.05) is 13.2 Å². The van der Waals surface area contributed by atoms with E-state index >= 15 is 0 Å². The standard InChI is InChI=1S/C10H21NO2/c1-3-8(4-2)9(11)10(12)5-6-13-7-10/h8-9,12H,3-7,11H2,1-2H3. The molecule has 2 unspecified atom stereocenters. The topological polar surface area (TPSA) is 55.5 Å². The number of hydrogen-bond acceptors (Lipinski definition) is 3. The van der Waals surface area contributed by atoms with E-state index in [2.05, 4.69) is 13.8 Å². The average Bonchev–Trinajstić information content (AvgIpc) is 2.55. The molecule has 0 aromatic carbocycles. The summed E-state index contributed by atoms with van der Waals surface area (Å²) < 4.78 is 5.19. The minimum atomic E-state index is -0.767. The Morgan fingerprint density at radius 1 is 1.46 bits per heavy atom. The van der Waals surface area contributed by atoms with Gasteiger partial charge in [0, 0.05) is 19.1 Å². The SMILES string of the molecule is CCC(CC)C(N)C1(O)CCOC1. The van der Waals surface area contributed by atoms with Crippen molar-refractivity contribution in [1.29, 1.82) is 0 Å². The monoisotopic (exact) mass is 187 g/mol. The van der Waals surface area contributed by atoms with Gasteiger partial charge in [-0.05, 0) is 5.92 Å². The van der Waals surface area contributed by atoms with Gasteiger partial charge < -0.3 is 15.6 Å². The van der Waals surface area contributed by atoms with Gasteiger partial charge in [0.25, 0.3) is 0 Å². The Balaban J connectivity index is 2.58. The zero-order valence-corrected chi connectivity index (χ0v) is 8.62. The van der Waals surface area contributed by atoms with E-state index < -0.39 is 5.60 Å². The number of rotatable bonds is 4. The Bertz CT molecular complexity index is 151. The van der Waals surface area contributed by atoms with Crippen LogP contribution in [-0.2, 0) is 4.74 Å². The van der Waals surface area contributed by atoms with Crippen LogP contribution in [0.2, 0.25) is 0 Å². The normalized spacial score (nSPS) is 31.2. The van der Waals surface area contributed by atoms with E-state index in [0.29, 0.717) is 25.6 Å². The quantitative estimate of drug-likeness (QED) is 0.687. The van der Waals surface area contributed by atoms with Crippen LogP contribution in [0, 0.1) is 5.92 Å². The summed E-state index contributed by atoms with van der Waals surface area (Å²) in [6.45, 7) is 5.29. The Morgan fingerprint density at radius 3 is 2.46 bits per heavy atom. The van der Waals surface area contributed by atoms with Gasteiger partial charge in [-0.3, -0.25) is 0 Å². The van der Waals surface area contributed by atoms with Crippen LogP contribution in [0.4, 0.5) is 0 Å². The van der Waals surface area contributed by atoms with Crippen molar-refractivity contribution in [1.82, 2.24) is 0 Å². The first-order chi connectivity index (χ1) is 6.14. The molecular formula is C10H21NO2. The van der Waals surface area contributed by atoms with Crippen molar-refractivity contribution >= 4 is 0 Å². The highest BCUT2D eigenvalue weighted by Gasteiger charge is 2.41. The van der Waals surface area contributed by atoms with E-state index in [9.17, 15) is 5.11 Å². The fraction of sp³-hybridized carbons (Fsp3) is 1.00. The maximum absolute atomic E-state index is 10.1. The molecule has 3 N–H and O–H groups in total. The van der Waals surface area contributed by atoms with Gasteiger partial charge in [-0.15, -0.1) is 0 Å². The van der Waals surface area contributed by atoms with E-state index in [-0.39, 0.29) is 6.04 Å². The molecule has 0 bridgehead atoms. The molecule has 0 saturated carbocycles. The summed E-state index contributed by atoms with van der Waals surface area (Å²) in [4.78, 5) is 0. The molecule has 1 aliphatic rings. The van der Waals surface area contributed by atoms with Crippen molar-refractivity contribution < 1.29 is 9.84 Å². The third kappa shape index (κ3) is 2.22. The second-order valence-corrected chi connectivity index (χ2v) is 4.01. The predicted molar refractivity (Wildman–Crippen MR) is 52.4 cm³/mol. The van der Waals surface area contributed by atoms with Crippen LogP contribution in [0.5, 0.6) is 0 Å². The minimum Gasteiger partial charge on any atom is -0.386 e. The molecule has 1 aliphatic heterocycles. The van der Waals surface area contributed by atoms with E-state index in [1.165, 1.54) is 0 Å². The largest absolute Gasteiger partial charge is 0.386 e. The number of aliphatic hydroxyl groups is 1. The van der Waals surface area contributed by atoms with Crippen LogP contribution in [0.3, 0.4) is 0 Å². The molecule has 0 aliphatic carbocycles. The van der Waals surface area contributed by atoms with Crippen LogP contribution in [0.15, 0.2) is 0 Å². The average molecular weight is 187 g/mol. The van der Waals surface area contributed by atoms with Crippen LogP contribution >= 0.6 is 0 Å². The summed E-state index contributed by atoms with van der Waals surface area (Å²) in [7, 11) is 0. The molecule has 1 saturated heterocycles. The fourth-order valence-electron chi connectivity index (χ4n) is 2.07. The Hall–Kier alpha value is -0.120. The molecule has 2 atom stereocenters. The molecular weight excluding hydrogens is 166 g/mol. The number of ether oxygens (including phenoxy) is 1. The zero-order valence-electron chi connectivity index (χ0n) is 8.62. The Labute approximate surface area is 80.3 Å². The Morgan fingerprint density at radius 2 is 2.08 bits per heavy atom. The van der Waals surface area contributed by atoms with Crippen molar-refractivity contribution in [3.05, 3.63) is 0 Å². The van der Waals surface area contributed by atoms with Crippen LogP contribution in [-0.4, -0.2) is 30.0 Å². The van der Waals surface area contributed by atoms with Gasteiger partial charge >= 0.3 is 0 Å². The molecule has 0 spiro atoms. The summed E-state index contributed by atoms with van der Waals surface area (Å²) in [5.41, 5.74) is 5.28. The van der Waals surface area contributed by atoms with Crippen LogP contribution in [0.25, 0.3) is 0 Å². The van der Waals surface area contributed by atoms with Gasteiger partial charge in [0.2, 0.25) is 0 Å². The molecule has 0 amide bonds. The molecule has 1 heterocycles. The summed E-state index contributed by atoms with van der Waals surface area (Å²) in [6.07, 6.45) is 2.74. The van der Waals surface area contributed by atoms with E-state index in [4.69, 9.17) is 10.5 Å². The molecule has 0 aromatic rings. The molecule has 1 rings (SSSR count). The maximum atomic E-state index is 10.1. The summed E-state index contributed by atoms with van der Waals surface area (Å²) in [6, 6.07) is -0.134. The first-order valence-corrected chi connectivity index (χ1v) is 5.19. The second kappa shape index (κ2) is 4.40. The lowest BCUT2D eigenvalue weighted by atomic mass is 9.82. The fourth-order valence-corrected chi connectivity index (χ4v) is 2.07. The van der Waals surface area contributed by atoms with Crippen molar-refractivity contribution in [2.45, 2.75) is 44.8 Å². The van der Waals surface area contributed by atoms with Crippen molar-refractivity contribution in [2.24, 2.45) is 11.7 Å². The molecule has 13 heavy (non-hydrogen) atoms. The first-order valence-electron chi connectivity index (χ1n) is 5.19. The van der Waals surface area contributed by atoms with Gasteiger partial charge in [0.1, 0.15) is 5.60 Å². The van der Waals surface area contributed by atoms with E-state index in [1.54, 1.807) is 0 Å². The van der Waals surface area contributed by atoms with Gasteiger partial charge in [-0.25, -0.2) is 0 Å². The minimum absolute atomic E-state index is 0.134. The van der Waals surface area contributed by atoms with Gasteiger partial charge in [0.15, 0.2) is 0 Å². The lowest BCUT2D eigenvalue weighted by Gasteiger charge is -2.33. The molecule has 3 heteroatoms. The first kappa shape index (κ1) is 11.0. The highest BCUT2D eigenvalue weighted by molar-refractivity contribution is 4.95. The third-order valence-electron chi connectivity index (χ3n) is 3.21.